The zero-order chi connectivity index (χ0) is 14.8. The average Bonchev–Trinajstić information content (AvgIpc) is 3.09. The molecule has 0 unspecified atom stereocenters. The van der Waals surface area contributed by atoms with Gasteiger partial charge in [-0.2, -0.15) is 0 Å². The molecule has 1 N–H and O–H groups in total. The molecule has 0 amide bonds. The SMILES string of the molecule is Cc1nnc(CN2CCC(n3cccc3C(=O)O)CC2)o1. The van der Waals surface area contributed by atoms with Crippen molar-refractivity contribution in [2.75, 3.05) is 13.1 Å². The van der Waals surface area contributed by atoms with E-state index in [4.69, 9.17) is 4.42 Å². The quantitative estimate of drug-likeness (QED) is 0.923. The Morgan fingerprint density at radius 1 is 1.43 bits per heavy atom. The summed E-state index contributed by atoms with van der Waals surface area (Å²) in [7, 11) is 0. The lowest BCUT2D eigenvalue weighted by atomic mass is 10.0. The number of rotatable bonds is 4. The summed E-state index contributed by atoms with van der Waals surface area (Å²) < 4.78 is 7.26. The van der Waals surface area contributed by atoms with Gasteiger partial charge < -0.3 is 14.1 Å². The van der Waals surface area contributed by atoms with E-state index in [0.717, 1.165) is 25.9 Å². The number of nitrogens with zero attached hydrogens (tertiary/aromatic N) is 4. The highest BCUT2D eigenvalue weighted by Crippen LogP contribution is 2.25. The minimum absolute atomic E-state index is 0.242. The molecule has 0 bridgehead atoms. The third kappa shape index (κ3) is 2.97. The van der Waals surface area contributed by atoms with Crippen LogP contribution in [0.25, 0.3) is 0 Å². The predicted octanol–water partition coefficient (Wildman–Crippen LogP) is 1.71. The molecule has 1 aliphatic rings. The molecule has 0 saturated carbocycles. The molecule has 1 aliphatic heterocycles. The van der Waals surface area contributed by atoms with E-state index in [1.165, 1.54) is 0 Å². The number of carboxylic acids is 1. The highest BCUT2D eigenvalue weighted by atomic mass is 16.4. The van der Waals surface area contributed by atoms with Gasteiger partial charge in [0, 0.05) is 32.3 Å². The third-order valence-electron chi connectivity index (χ3n) is 3.88. The highest BCUT2D eigenvalue weighted by Gasteiger charge is 2.24. The summed E-state index contributed by atoms with van der Waals surface area (Å²) in [5.74, 6) is 0.347. The van der Waals surface area contributed by atoms with Crippen LogP contribution in [0.1, 0.15) is 41.2 Å². The maximum Gasteiger partial charge on any atom is 0.352 e. The Hall–Kier alpha value is -2.15. The predicted molar refractivity (Wildman–Crippen MR) is 74.0 cm³/mol. The first-order valence-electron chi connectivity index (χ1n) is 7.05. The molecule has 3 rings (SSSR count). The van der Waals surface area contributed by atoms with E-state index in [1.54, 1.807) is 19.1 Å². The maximum absolute atomic E-state index is 11.2. The number of piperidine rings is 1. The van der Waals surface area contributed by atoms with Crippen LogP contribution in [-0.4, -0.2) is 43.8 Å². The maximum atomic E-state index is 11.2. The standard InChI is InChI=1S/C14H18N4O3/c1-10-15-16-13(21-10)9-17-7-4-11(5-8-17)18-6-2-3-12(18)14(19)20/h2-3,6,11H,4-5,7-9H2,1H3,(H,19,20). The van der Waals surface area contributed by atoms with Crippen LogP contribution < -0.4 is 0 Å². The molecule has 2 aromatic rings. The van der Waals surface area contributed by atoms with Gasteiger partial charge in [-0.05, 0) is 25.0 Å². The van der Waals surface area contributed by atoms with Crippen LogP contribution in [0.2, 0.25) is 0 Å². The van der Waals surface area contributed by atoms with Crippen molar-refractivity contribution >= 4 is 5.97 Å². The number of aryl methyl sites for hydroxylation is 1. The molecule has 0 atom stereocenters. The molecule has 2 aromatic heterocycles. The number of hydrogen-bond acceptors (Lipinski definition) is 5. The van der Waals surface area contributed by atoms with Gasteiger partial charge in [0.1, 0.15) is 5.69 Å². The Kier molecular flexibility index (Phi) is 3.74. The van der Waals surface area contributed by atoms with Crippen molar-refractivity contribution in [2.24, 2.45) is 0 Å². The van der Waals surface area contributed by atoms with Crippen LogP contribution in [-0.2, 0) is 6.54 Å². The van der Waals surface area contributed by atoms with Crippen molar-refractivity contribution in [3.05, 3.63) is 35.8 Å². The summed E-state index contributed by atoms with van der Waals surface area (Å²) in [6.45, 7) is 4.22. The summed E-state index contributed by atoms with van der Waals surface area (Å²) in [6, 6.07) is 3.68. The fourth-order valence-corrected chi connectivity index (χ4v) is 2.84. The molecule has 0 aliphatic carbocycles. The van der Waals surface area contributed by atoms with E-state index in [0.29, 0.717) is 24.0 Å². The Labute approximate surface area is 122 Å². The van der Waals surface area contributed by atoms with E-state index >= 15 is 0 Å². The number of aromatic carboxylic acids is 1. The second kappa shape index (κ2) is 5.69. The van der Waals surface area contributed by atoms with Crippen LogP contribution in [0.3, 0.4) is 0 Å². The van der Waals surface area contributed by atoms with Gasteiger partial charge in [-0.25, -0.2) is 4.79 Å². The minimum atomic E-state index is -0.872. The molecule has 0 radical (unpaired) electrons. The van der Waals surface area contributed by atoms with Gasteiger partial charge in [0.2, 0.25) is 11.8 Å². The van der Waals surface area contributed by atoms with Crippen molar-refractivity contribution < 1.29 is 14.3 Å². The molecular weight excluding hydrogens is 272 g/mol. The number of carbonyl (C=O) groups is 1. The van der Waals surface area contributed by atoms with E-state index in [9.17, 15) is 9.90 Å². The second-order valence-corrected chi connectivity index (χ2v) is 5.33. The molecule has 1 fully saturated rings. The van der Waals surface area contributed by atoms with Crippen molar-refractivity contribution in [3.63, 3.8) is 0 Å². The largest absolute Gasteiger partial charge is 0.477 e. The molecule has 7 nitrogen and oxygen atoms in total. The molecule has 21 heavy (non-hydrogen) atoms. The Morgan fingerprint density at radius 3 is 2.81 bits per heavy atom. The summed E-state index contributed by atoms with van der Waals surface area (Å²) >= 11 is 0. The molecule has 3 heterocycles. The summed E-state index contributed by atoms with van der Waals surface area (Å²) in [5.41, 5.74) is 0.362. The average molecular weight is 290 g/mol. The number of likely N-dealkylation sites (tertiary alicyclic amines) is 1. The third-order valence-corrected chi connectivity index (χ3v) is 3.88. The number of hydrogen-bond donors (Lipinski definition) is 1. The zero-order valence-corrected chi connectivity index (χ0v) is 11.9. The lowest BCUT2D eigenvalue weighted by Gasteiger charge is -2.32. The minimum Gasteiger partial charge on any atom is -0.477 e. The molecular formula is C14H18N4O3. The normalized spacial score (nSPS) is 17.2. The molecule has 0 spiro atoms. The van der Waals surface area contributed by atoms with Gasteiger partial charge in [0.25, 0.3) is 0 Å². The molecule has 0 aromatic carbocycles. The Morgan fingerprint density at radius 2 is 2.19 bits per heavy atom. The van der Waals surface area contributed by atoms with E-state index < -0.39 is 5.97 Å². The lowest BCUT2D eigenvalue weighted by molar-refractivity contribution is 0.0677. The number of carboxylic acid groups (broad SMARTS) is 1. The van der Waals surface area contributed by atoms with Gasteiger partial charge in [-0.15, -0.1) is 10.2 Å². The van der Waals surface area contributed by atoms with Gasteiger partial charge in [0.15, 0.2) is 0 Å². The second-order valence-electron chi connectivity index (χ2n) is 5.33. The first-order valence-corrected chi connectivity index (χ1v) is 7.05. The van der Waals surface area contributed by atoms with Crippen LogP contribution in [0.4, 0.5) is 0 Å². The monoisotopic (exact) mass is 290 g/mol. The van der Waals surface area contributed by atoms with Crippen LogP contribution >= 0.6 is 0 Å². The van der Waals surface area contributed by atoms with E-state index in [-0.39, 0.29) is 6.04 Å². The van der Waals surface area contributed by atoms with Gasteiger partial charge in [-0.3, -0.25) is 4.90 Å². The highest BCUT2D eigenvalue weighted by molar-refractivity contribution is 5.85. The van der Waals surface area contributed by atoms with Gasteiger partial charge in [0.05, 0.1) is 6.54 Å². The zero-order valence-electron chi connectivity index (χ0n) is 11.9. The van der Waals surface area contributed by atoms with Crippen molar-refractivity contribution in [3.8, 4) is 0 Å². The lowest BCUT2D eigenvalue weighted by Crippen LogP contribution is -2.34. The molecule has 1 saturated heterocycles. The Bertz CT molecular complexity index is 626. The summed E-state index contributed by atoms with van der Waals surface area (Å²) in [5, 5.41) is 17.0. The van der Waals surface area contributed by atoms with Crippen molar-refractivity contribution in [2.45, 2.75) is 32.4 Å². The fraction of sp³-hybridized carbons (Fsp3) is 0.500. The summed E-state index contributed by atoms with van der Waals surface area (Å²) in [4.78, 5) is 13.4. The van der Waals surface area contributed by atoms with Gasteiger partial charge >= 0.3 is 5.97 Å². The van der Waals surface area contributed by atoms with E-state index in [2.05, 4.69) is 15.1 Å². The van der Waals surface area contributed by atoms with Crippen molar-refractivity contribution in [1.29, 1.82) is 0 Å². The van der Waals surface area contributed by atoms with Gasteiger partial charge in [-0.1, -0.05) is 0 Å². The molecule has 112 valence electrons. The van der Waals surface area contributed by atoms with E-state index in [1.807, 2.05) is 10.8 Å². The molecule has 7 heteroatoms. The fourth-order valence-electron chi connectivity index (χ4n) is 2.84. The first-order chi connectivity index (χ1) is 10.1. The topological polar surface area (TPSA) is 84.4 Å². The summed E-state index contributed by atoms with van der Waals surface area (Å²) in [6.07, 6.45) is 3.69. The first kappa shape index (κ1) is 13.8. The number of aromatic nitrogens is 3. The van der Waals surface area contributed by atoms with Crippen LogP contribution in [0.15, 0.2) is 22.7 Å². The Balaban J connectivity index is 1.60. The van der Waals surface area contributed by atoms with Crippen molar-refractivity contribution in [1.82, 2.24) is 19.7 Å². The van der Waals surface area contributed by atoms with Crippen LogP contribution in [0.5, 0.6) is 0 Å². The smallest absolute Gasteiger partial charge is 0.352 e. The van der Waals surface area contributed by atoms with Crippen LogP contribution in [0, 0.1) is 6.92 Å².